The van der Waals surface area contributed by atoms with Crippen molar-refractivity contribution in [3.63, 3.8) is 0 Å². The third kappa shape index (κ3) is 4.70. The first-order chi connectivity index (χ1) is 10.0. The van der Waals surface area contributed by atoms with Gasteiger partial charge in [-0.25, -0.2) is 0 Å². The Morgan fingerprint density at radius 3 is 2.24 bits per heavy atom. The molecule has 0 saturated heterocycles. The summed E-state index contributed by atoms with van der Waals surface area (Å²) in [6, 6.07) is 1.64. The maximum atomic E-state index is 12.6. The van der Waals surface area contributed by atoms with Gasteiger partial charge in [-0.2, -0.15) is 0 Å². The van der Waals surface area contributed by atoms with Crippen LogP contribution >= 0.6 is 7.60 Å². The van der Waals surface area contributed by atoms with Gasteiger partial charge in [-0.3, -0.25) is 9.36 Å². The molecule has 0 atom stereocenters. The molecular formula is C14H24NO5P. The molecule has 120 valence electrons. The molecule has 0 aliphatic heterocycles. The van der Waals surface area contributed by atoms with Gasteiger partial charge in [0.25, 0.3) is 5.91 Å². The van der Waals surface area contributed by atoms with Crippen LogP contribution < -0.4 is 0 Å². The lowest BCUT2D eigenvalue weighted by Gasteiger charge is -2.19. The Labute approximate surface area is 125 Å². The van der Waals surface area contributed by atoms with Crippen molar-refractivity contribution >= 4 is 13.5 Å². The topological polar surface area (TPSA) is 69.0 Å². The zero-order valence-corrected chi connectivity index (χ0v) is 14.0. The zero-order chi connectivity index (χ0) is 15.9. The summed E-state index contributed by atoms with van der Waals surface area (Å²) in [6.07, 6.45) is 1.46. The lowest BCUT2D eigenvalue weighted by Crippen LogP contribution is -2.30. The quantitative estimate of drug-likeness (QED) is 0.652. The average Bonchev–Trinajstić information content (AvgIpc) is 2.88. The molecule has 1 amide bonds. The normalized spacial score (nSPS) is 11.6. The Morgan fingerprint density at radius 1 is 1.19 bits per heavy atom. The summed E-state index contributed by atoms with van der Waals surface area (Å²) in [5.41, 5.74) is 0.553. The molecule has 21 heavy (non-hydrogen) atoms. The average molecular weight is 317 g/mol. The van der Waals surface area contributed by atoms with E-state index in [1.54, 1.807) is 24.8 Å². The zero-order valence-electron chi connectivity index (χ0n) is 13.1. The highest BCUT2D eigenvalue weighted by Crippen LogP contribution is 2.51. The molecule has 1 aromatic rings. The highest BCUT2D eigenvalue weighted by molar-refractivity contribution is 7.53. The van der Waals surface area contributed by atoms with Crippen molar-refractivity contribution in [2.75, 3.05) is 26.3 Å². The number of hydrogen-bond donors (Lipinski definition) is 0. The standard InChI is InChI=1S/C14H24NO5P/c1-5-15(6-2)14(16)13-12(9-10-18-13)11-21(17,19-7-3)20-8-4/h9-10H,5-8,11H2,1-4H3. The summed E-state index contributed by atoms with van der Waals surface area (Å²) in [5, 5.41) is 0. The molecule has 0 bridgehead atoms. The molecule has 7 heteroatoms. The number of carbonyl (C=O) groups excluding carboxylic acids is 1. The highest BCUT2D eigenvalue weighted by Gasteiger charge is 2.29. The fourth-order valence-corrected chi connectivity index (χ4v) is 3.74. The molecule has 0 fully saturated rings. The van der Waals surface area contributed by atoms with E-state index in [2.05, 4.69) is 0 Å². The van der Waals surface area contributed by atoms with Crippen molar-refractivity contribution in [2.45, 2.75) is 33.9 Å². The number of hydrogen-bond acceptors (Lipinski definition) is 5. The number of nitrogens with zero attached hydrogens (tertiary/aromatic N) is 1. The Hall–Kier alpha value is -1.10. The molecule has 1 rings (SSSR count). The molecule has 6 nitrogen and oxygen atoms in total. The van der Waals surface area contributed by atoms with Gasteiger partial charge in [0, 0.05) is 18.7 Å². The lowest BCUT2D eigenvalue weighted by molar-refractivity contribution is 0.0740. The van der Waals surface area contributed by atoms with Gasteiger partial charge in [0.15, 0.2) is 5.76 Å². The third-order valence-electron chi connectivity index (χ3n) is 3.01. The maximum absolute atomic E-state index is 12.6. The summed E-state index contributed by atoms with van der Waals surface area (Å²) in [5.74, 6) is -0.00196. The second-order valence-corrected chi connectivity index (χ2v) is 6.41. The molecule has 0 aliphatic carbocycles. The monoisotopic (exact) mass is 317 g/mol. The first-order valence-corrected chi connectivity index (χ1v) is 8.97. The number of furan rings is 1. The molecule has 0 unspecified atom stereocenters. The summed E-state index contributed by atoms with van der Waals surface area (Å²) in [6.45, 7) is 9.05. The molecule has 1 heterocycles. The Balaban J connectivity index is 2.98. The van der Waals surface area contributed by atoms with Gasteiger partial charge in [-0.05, 0) is 33.8 Å². The van der Waals surface area contributed by atoms with E-state index in [-0.39, 0.29) is 31.0 Å². The minimum atomic E-state index is -3.25. The van der Waals surface area contributed by atoms with Crippen LogP contribution in [0.25, 0.3) is 0 Å². The van der Waals surface area contributed by atoms with Crippen molar-refractivity contribution in [3.05, 3.63) is 23.7 Å². The third-order valence-corrected chi connectivity index (χ3v) is 5.04. The van der Waals surface area contributed by atoms with E-state index >= 15 is 0 Å². The predicted molar refractivity (Wildman–Crippen MR) is 80.5 cm³/mol. The summed E-state index contributed by atoms with van der Waals surface area (Å²) in [7, 11) is -3.25. The minimum absolute atomic E-state index is 0.0352. The van der Waals surface area contributed by atoms with E-state index in [0.29, 0.717) is 18.7 Å². The Kier molecular flexibility index (Phi) is 7.15. The van der Waals surface area contributed by atoms with Crippen LogP contribution in [0.1, 0.15) is 43.8 Å². The minimum Gasteiger partial charge on any atom is -0.459 e. The molecular weight excluding hydrogens is 293 g/mol. The van der Waals surface area contributed by atoms with E-state index in [1.807, 2.05) is 13.8 Å². The molecule has 0 N–H and O–H groups in total. The molecule has 1 aromatic heterocycles. The van der Waals surface area contributed by atoms with Gasteiger partial charge >= 0.3 is 7.60 Å². The van der Waals surface area contributed by atoms with E-state index in [9.17, 15) is 9.36 Å². The van der Waals surface area contributed by atoms with Gasteiger partial charge in [-0.1, -0.05) is 0 Å². The van der Waals surface area contributed by atoms with Crippen LogP contribution in [0.4, 0.5) is 0 Å². The lowest BCUT2D eigenvalue weighted by atomic mass is 10.2. The Bertz CT molecular complexity index is 485. The molecule has 0 aromatic carbocycles. The van der Waals surface area contributed by atoms with Crippen LogP contribution in [0.2, 0.25) is 0 Å². The van der Waals surface area contributed by atoms with Gasteiger partial charge in [0.05, 0.1) is 25.6 Å². The summed E-state index contributed by atoms with van der Waals surface area (Å²) < 4.78 is 28.4. The summed E-state index contributed by atoms with van der Waals surface area (Å²) >= 11 is 0. The van der Waals surface area contributed by atoms with Crippen LogP contribution in [0.15, 0.2) is 16.7 Å². The Morgan fingerprint density at radius 2 is 1.76 bits per heavy atom. The van der Waals surface area contributed by atoms with E-state index < -0.39 is 7.60 Å². The van der Waals surface area contributed by atoms with Gasteiger partial charge in [0.2, 0.25) is 0 Å². The largest absolute Gasteiger partial charge is 0.459 e. The summed E-state index contributed by atoms with van der Waals surface area (Å²) in [4.78, 5) is 14.0. The molecule has 0 radical (unpaired) electrons. The number of amides is 1. The highest BCUT2D eigenvalue weighted by atomic mass is 31.2. The number of carbonyl (C=O) groups is 1. The first kappa shape index (κ1) is 18.0. The van der Waals surface area contributed by atoms with Crippen molar-refractivity contribution in [2.24, 2.45) is 0 Å². The van der Waals surface area contributed by atoms with Crippen LogP contribution in [0.3, 0.4) is 0 Å². The van der Waals surface area contributed by atoms with E-state index in [1.165, 1.54) is 6.26 Å². The van der Waals surface area contributed by atoms with Crippen molar-refractivity contribution in [3.8, 4) is 0 Å². The second-order valence-electron chi connectivity index (χ2n) is 4.36. The molecule has 0 aliphatic rings. The molecule has 0 spiro atoms. The van der Waals surface area contributed by atoms with Crippen molar-refractivity contribution < 1.29 is 22.8 Å². The smallest absolute Gasteiger partial charge is 0.335 e. The first-order valence-electron chi connectivity index (χ1n) is 7.25. The van der Waals surface area contributed by atoms with Gasteiger partial charge in [-0.15, -0.1) is 0 Å². The van der Waals surface area contributed by atoms with E-state index in [4.69, 9.17) is 13.5 Å². The van der Waals surface area contributed by atoms with Crippen molar-refractivity contribution in [1.82, 2.24) is 4.90 Å². The van der Waals surface area contributed by atoms with Crippen molar-refractivity contribution in [1.29, 1.82) is 0 Å². The maximum Gasteiger partial charge on any atom is 0.335 e. The van der Waals surface area contributed by atoms with Crippen LogP contribution in [-0.4, -0.2) is 37.1 Å². The fourth-order valence-electron chi connectivity index (χ4n) is 2.03. The van der Waals surface area contributed by atoms with Crippen LogP contribution in [0.5, 0.6) is 0 Å². The number of rotatable bonds is 9. The predicted octanol–water partition coefficient (Wildman–Crippen LogP) is 3.53. The van der Waals surface area contributed by atoms with E-state index in [0.717, 1.165) is 0 Å². The molecule has 0 saturated carbocycles. The van der Waals surface area contributed by atoms with Gasteiger partial charge < -0.3 is 18.4 Å². The second kappa shape index (κ2) is 8.37. The van der Waals surface area contributed by atoms with Crippen LogP contribution in [0, 0.1) is 0 Å². The SMILES string of the molecule is CCOP(=O)(Cc1ccoc1C(=O)N(CC)CC)OCC. The van der Waals surface area contributed by atoms with Gasteiger partial charge in [0.1, 0.15) is 0 Å². The fraction of sp³-hybridized carbons (Fsp3) is 0.643. The van der Waals surface area contributed by atoms with Crippen LogP contribution in [-0.2, 0) is 19.8 Å².